The third kappa shape index (κ3) is 5.90. The zero-order chi connectivity index (χ0) is 25.9. The number of nitrogens with zero attached hydrogens (tertiary/aromatic N) is 2. The zero-order valence-electron chi connectivity index (χ0n) is 23.2. The Morgan fingerprint density at radius 3 is 2.36 bits per heavy atom. The maximum atomic E-state index is 10.6. The number of aromatic nitrogens is 1. The maximum absolute atomic E-state index is 10.6. The highest BCUT2D eigenvalue weighted by atomic mass is 16.3. The van der Waals surface area contributed by atoms with E-state index in [0.717, 1.165) is 43.6 Å². The zero-order valence-corrected chi connectivity index (χ0v) is 23.2. The van der Waals surface area contributed by atoms with E-state index in [9.17, 15) is 5.11 Å². The van der Waals surface area contributed by atoms with Crippen LogP contribution < -0.4 is 0 Å². The molecule has 3 heteroatoms. The summed E-state index contributed by atoms with van der Waals surface area (Å²) < 4.78 is 0. The van der Waals surface area contributed by atoms with Crippen molar-refractivity contribution in [1.29, 1.82) is 0 Å². The summed E-state index contributed by atoms with van der Waals surface area (Å²) in [6.07, 6.45) is 7.18. The Morgan fingerprint density at radius 1 is 1.00 bits per heavy atom. The van der Waals surface area contributed by atoms with Crippen LogP contribution in [0.1, 0.15) is 92.1 Å². The van der Waals surface area contributed by atoms with Gasteiger partial charge in [-0.15, -0.1) is 0 Å². The van der Waals surface area contributed by atoms with E-state index < -0.39 is 5.60 Å². The molecule has 1 heterocycles. The van der Waals surface area contributed by atoms with Gasteiger partial charge in [-0.1, -0.05) is 56.3 Å². The highest BCUT2D eigenvalue weighted by Crippen LogP contribution is 2.36. The third-order valence-corrected chi connectivity index (χ3v) is 7.96. The molecule has 2 aromatic carbocycles. The van der Waals surface area contributed by atoms with Crippen LogP contribution in [0, 0.1) is 6.92 Å². The van der Waals surface area contributed by atoms with Gasteiger partial charge in [0, 0.05) is 23.8 Å². The minimum Gasteiger partial charge on any atom is -0.390 e. The van der Waals surface area contributed by atoms with Crippen LogP contribution in [0.15, 0.2) is 48.5 Å². The molecular formula is C33H44N2O. The van der Waals surface area contributed by atoms with E-state index >= 15 is 0 Å². The van der Waals surface area contributed by atoms with Crippen molar-refractivity contribution in [2.45, 2.75) is 97.8 Å². The molecule has 1 atom stereocenters. The van der Waals surface area contributed by atoms with Crippen molar-refractivity contribution in [3.63, 3.8) is 0 Å². The Morgan fingerprint density at radius 2 is 1.69 bits per heavy atom. The summed E-state index contributed by atoms with van der Waals surface area (Å²) in [5.74, 6) is 0. The van der Waals surface area contributed by atoms with Gasteiger partial charge in [-0.25, -0.2) is 0 Å². The molecule has 0 spiro atoms. The first-order chi connectivity index (χ1) is 17.2. The number of aryl methyl sites for hydroxylation is 5. The average molecular weight is 485 g/mol. The van der Waals surface area contributed by atoms with Gasteiger partial charge in [0.1, 0.15) is 0 Å². The van der Waals surface area contributed by atoms with Crippen molar-refractivity contribution < 1.29 is 5.11 Å². The van der Waals surface area contributed by atoms with Crippen molar-refractivity contribution in [2.75, 3.05) is 7.05 Å². The van der Waals surface area contributed by atoms with Crippen molar-refractivity contribution in [3.05, 3.63) is 87.6 Å². The second kappa shape index (κ2) is 11.3. The molecule has 0 radical (unpaired) electrons. The smallest absolute Gasteiger partial charge is 0.0713 e. The SMILES string of the molecule is CCc1cccc(CC)c1-c1cc(CCC(C)(C)O)c(CN(C)C2CCCc3ccccc32)c(C)n1. The lowest BCUT2D eigenvalue weighted by Gasteiger charge is -2.34. The lowest BCUT2D eigenvalue weighted by Crippen LogP contribution is -2.28. The Kier molecular flexibility index (Phi) is 8.32. The van der Waals surface area contributed by atoms with Gasteiger partial charge < -0.3 is 5.11 Å². The largest absolute Gasteiger partial charge is 0.390 e. The highest BCUT2D eigenvalue weighted by molar-refractivity contribution is 5.69. The van der Waals surface area contributed by atoms with Crippen LogP contribution in [-0.4, -0.2) is 27.6 Å². The third-order valence-electron chi connectivity index (χ3n) is 7.96. The van der Waals surface area contributed by atoms with Gasteiger partial charge in [-0.2, -0.15) is 0 Å². The summed E-state index contributed by atoms with van der Waals surface area (Å²) in [5, 5.41) is 10.6. The van der Waals surface area contributed by atoms with E-state index in [1.54, 1.807) is 0 Å². The van der Waals surface area contributed by atoms with Gasteiger partial charge in [-0.3, -0.25) is 9.88 Å². The van der Waals surface area contributed by atoms with E-state index in [0.29, 0.717) is 6.04 Å². The molecule has 0 saturated carbocycles. The summed E-state index contributed by atoms with van der Waals surface area (Å²) in [4.78, 5) is 7.74. The molecule has 1 aliphatic carbocycles. The van der Waals surface area contributed by atoms with Gasteiger partial charge in [0.05, 0.1) is 11.3 Å². The van der Waals surface area contributed by atoms with Crippen molar-refractivity contribution in [2.24, 2.45) is 0 Å². The topological polar surface area (TPSA) is 36.4 Å². The minimum atomic E-state index is -0.696. The number of pyridine rings is 1. The number of aliphatic hydroxyl groups is 1. The number of hydrogen-bond acceptors (Lipinski definition) is 3. The molecule has 0 saturated heterocycles. The number of rotatable bonds is 9. The fourth-order valence-corrected chi connectivity index (χ4v) is 5.89. The monoisotopic (exact) mass is 484 g/mol. The van der Waals surface area contributed by atoms with Crippen LogP contribution in [0.5, 0.6) is 0 Å². The Labute approximate surface area is 218 Å². The first-order valence-corrected chi connectivity index (χ1v) is 13.8. The Bertz CT molecular complexity index is 1170. The fraction of sp³-hybridized carbons (Fsp3) is 0.485. The Balaban J connectivity index is 1.74. The van der Waals surface area contributed by atoms with Crippen molar-refractivity contribution in [1.82, 2.24) is 9.88 Å². The summed E-state index contributed by atoms with van der Waals surface area (Å²) in [6, 6.07) is 18.4. The van der Waals surface area contributed by atoms with E-state index in [4.69, 9.17) is 4.98 Å². The standard InChI is InChI=1S/C33H44N2O/c1-7-24-14-11-15-25(8-2)32(24)30-21-27(19-20-33(4,5)36)29(23(3)34-30)22-35(6)31-18-12-16-26-13-9-10-17-28(26)31/h9-11,13-15,17,21,31,36H,7-8,12,16,18-20,22H2,1-6H3. The van der Waals surface area contributed by atoms with E-state index in [1.165, 1.54) is 58.2 Å². The predicted octanol–water partition coefficient (Wildman–Crippen LogP) is 7.39. The normalized spacial score (nSPS) is 15.8. The molecule has 0 bridgehead atoms. The first kappa shape index (κ1) is 26.6. The molecule has 1 unspecified atom stereocenters. The average Bonchev–Trinajstić information content (AvgIpc) is 2.87. The molecule has 0 aliphatic heterocycles. The van der Waals surface area contributed by atoms with Gasteiger partial charge in [-0.05, 0) is 112 Å². The molecule has 1 N–H and O–H groups in total. The van der Waals surface area contributed by atoms with Gasteiger partial charge >= 0.3 is 0 Å². The number of hydrogen-bond donors (Lipinski definition) is 1. The van der Waals surface area contributed by atoms with Crippen LogP contribution in [0.3, 0.4) is 0 Å². The fourth-order valence-electron chi connectivity index (χ4n) is 5.89. The molecule has 0 fully saturated rings. The summed E-state index contributed by atoms with van der Waals surface area (Å²) in [6.45, 7) is 11.3. The molecule has 1 aliphatic rings. The minimum absolute atomic E-state index is 0.434. The lowest BCUT2D eigenvalue weighted by atomic mass is 9.86. The summed E-state index contributed by atoms with van der Waals surface area (Å²) in [5.41, 5.74) is 11.1. The molecule has 1 aromatic heterocycles. The summed E-state index contributed by atoms with van der Waals surface area (Å²) >= 11 is 0. The van der Waals surface area contributed by atoms with Crippen molar-refractivity contribution in [3.8, 4) is 11.3 Å². The highest BCUT2D eigenvalue weighted by Gasteiger charge is 2.25. The molecule has 36 heavy (non-hydrogen) atoms. The predicted molar refractivity (Wildman–Crippen MR) is 151 cm³/mol. The molecule has 0 amide bonds. The van der Waals surface area contributed by atoms with Crippen LogP contribution in [0.2, 0.25) is 0 Å². The van der Waals surface area contributed by atoms with Gasteiger partial charge in [0.25, 0.3) is 0 Å². The van der Waals surface area contributed by atoms with Crippen LogP contribution in [0.4, 0.5) is 0 Å². The molecule has 192 valence electrons. The van der Waals surface area contributed by atoms with Gasteiger partial charge in [0.15, 0.2) is 0 Å². The quantitative estimate of drug-likeness (QED) is 0.344. The van der Waals surface area contributed by atoms with Crippen molar-refractivity contribution >= 4 is 0 Å². The number of benzene rings is 2. The van der Waals surface area contributed by atoms with E-state index in [1.807, 2.05) is 13.8 Å². The summed E-state index contributed by atoms with van der Waals surface area (Å²) in [7, 11) is 2.27. The first-order valence-electron chi connectivity index (χ1n) is 13.8. The molecular weight excluding hydrogens is 440 g/mol. The maximum Gasteiger partial charge on any atom is 0.0713 e. The van der Waals surface area contributed by atoms with Crippen LogP contribution in [0.25, 0.3) is 11.3 Å². The second-order valence-corrected chi connectivity index (χ2v) is 11.2. The lowest BCUT2D eigenvalue weighted by molar-refractivity contribution is 0.0712. The van der Waals surface area contributed by atoms with Crippen LogP contribution >= 0.6 is 0 Å². The Hall–Kier alpha value is -2.49. The molecule has 4 rings (SSSR count). The molecule has 3 nitrogen and oxygen atoms in total. The van der Waals surface area contributed by atoms with Crippen LogP contribution in [-0.2, 0) is 32.2 Å². The van der Waals surface area contributed by atoms with Gasteiger partial charge in [0.2, 0.25) is 0 Å². The molecule has 3 aromatic rings. The van der Waals surface area contributed by atoms with E-state index in [2.05, 4.69) is 81.2 Å². The number of fused-ring (bicyclic) bond motifs is 1. The second-order valence-electron chi connectivity index (χ2n) is 11.2. The van der Waals surface area contributed by atoms with E-state index in [-0.39, 0.29) is 0 Å².